The van der Waals surface area contributed by atoms with E-state index < -0.39 is 0 Å². The zero-order valence-electron chi connectivity index (χ0n) is 25.0. The number of carbonyl (C=O) groups excluding carboxylic acids is 1. The molecule has 4 aromatic rings. The van der Waals surface area contributed by atoms with E-state index in [-0.39, 0.29) is 11.9 Å². The molecule has 4 heterocycles. The number of rotatable bonds is 7. The van der Waals surface area contributed by atoms with Crippen molar-refractivity contribution in [2.24, 2.45) is 7.05 Å². The van der Waals surface area contributed by atoms with E-state index in [1.807, 2.05) is 48.3 Å². The number of fused-ring (bicyclic) bond motifs is 3. The standard InChI is InChI=1S/C33H36ClN7O3/c1-40-31(24-5-3-4-6-25(24)34)29-27(39-40)10-8-21-18-35-33(38-30(21)29)37-26-9-7-20(17-28(26)43-2)32(42)36-22-11-14-41(19-22)23-12-15-44-16-13-23/h3-7,9,17-18,22-23H,8,10-16,19H2,1-2H3,(H,36,42)(H,35,37,38)/t22-/m1/s1. The van der Waals surface area contributed by atoms with Gasteiger partial charge >= 0.3 is 0 Å². The van der Waals surface area contributed by atoms with Crippen molar-refractivity contribution in [1.82, 2.24) is 30.0 Å². The Bertz CT molecular complexity index is 1700. The van der Waals surface area contributed by atoms with Crippen molar-refractivity contribution in [3.8, 4) is 28.3 Å². The van der Waals surface area contributed by atoms with E-state index in [1.54, 1.807) is 19.2 Å². The summed E-state index contributed by atoms with van der Waals surface area (Å²) in [6, 6.07) is 13.9. The average Bonchev–Trinajstić information content (AvgIpc) is 3.65. The second-order valence-corrected chi connectivity index (χ2v) is 12.1. The van der Waals surface area contributed by atoms with Gasteiger partial charge in [0, 0.05) is 73.3 Å². The summed E-state index contributed by atoms with van der Waals surface area (Å²) in [6.07, 6.45) is 6.56. The lowest BCUT2D eigenvalue weighted by Crippen LogP contribution is -2.41. The van der Waals surface area contributed by atoms with Crippen molar-refractivity contribution in [3.63, 3.8) is 0 Å². The van der Waals surface area contributed by atoms with E-state index in [0.717, 1.165) is 92.2 Å². The molecule has 2 aromatic carbocycles. The van der Waals surface area contributed by atoms with E-state index in [1.165, 1.54) is 0 Å². The highest BCUT2D eigenvalue weighted by molar-refractivity contribution is 6.33. The van der Waals surface area contributed by atoms with Crippen molar-refractivity contribution in [2.75, 3.05) is 38.7 Å². The van der Waals surface area contributed by atoms with Gasteiger partial charge in [-0.1, -0.05) is 29.8 Å². The number of benzene rings is 2. The van der Waals surface area contributed by atoms with Crippen molar-refractivity contribution < 1.29 is 14.3 Å². The van der Waals surface area contributed by atoms with Gasteiger partial charge in [-0.25, -0.2) is 9.97 Å². The minimum absolute atomic E-state index is 0.102. The van der Waals surface area contributed by atoms with Gasteiger partial charge in [0.1, 0.15) is 5.75 Å². The number of likely N-dealkylation sites (tertiary alicyclic amines) is 1. The first kappa shape index (κ1) is 28.8. The van der Waals surface area contributed by atoms with E-state index in [4.69, 9.17) is 31.2 Å². The Morgan fingerprint density at radius 1 is 1.11 bits per heavy atom. The fraction of sp³-hybridized carbons (Fsp3) is 0.394. The van der Waals surface area contributed by atoms with Crippen LogP contribution in [0.5, 0.6) is 5.75 Å². The average molecular weight is 614 g/mol. The molecule has 2 aliphatic heterocycles. The summed E-state index contributed by atoms with van der Waals surface area (Å²) in [5.41, 5.74) is 6.94. The molecule has 1 atom stereocenters. The van der Waals surface area contributed by atoms with Gasteiger partial charge in [0.15, 0.2) is 0 Å². The zero-order valence-corrected chi connectivity index (χ0v) is 25.7. The van der Waals surface area contributed by atoms with Gasteiger partial charge in [-0.2, -0.15) is 5.10 Å². The highest BCUT2D eigenvalue weighted by Crippen LogP contribution is 2.42. The SMILES string of the molecule is COc1cc(C(=O)N[C@@H]2CCN(C3CCOCC3)C2)ccc1Nc1ncc2c(n1)-c1c(nn(C)c1-c1ccccc1Cl)CC2. The molecule has 3 aliphatic rings. The minimum Gasteiger partial charge on any atom is -0.495 e. The van der Waals surface area contributed by atoms with Gasteiger partial charge in [-0.15, -0.1) is 0 Å². The third-order valence-corrected chi connectivity index (χ3v) is 9.28. The molecular formula is C33H36ClN7O3. The van der Waals surface area contributed by atoms with Gasteiger partial charge in [0.05, 0.1) is 29.9 Å². The van der Waals surface area contributed by atoms with Crippen molar-refractivity contribution in [1.29, 1.82) is 0 Å². The summed E-state index contributed by atoms with van der Waals surface area (Å²) in [5.74, 6) is 0.864. The Labute approximate surface area is 261 Å². The number of ether oxygens (including phenoxy) is 2. The number of amides is 1. The lowest BCUT2D eigenvalue weighted by atomic mass is 9.91. The molecule has 0 saturated carbocycles. The molecule has 7 rings (SSSR count). The first-order valence-electron chi connectivity index (χ1n) is 15.2. The Morgan fingerprint density at radius 3 is 2.77 bits per heavy atom. The van der Waals surface area contributed by atoms with Gasteiger partial charge in [0.25, 0.3) is 5.91 Å². The monoisotopic (exact) mass is 613 g/mol. The molecule has 0 radical (unpaired) electrons. The molecule has 1 amide bonds. The predicted octanol–water partition coefficient (Wildman–Crippen LogP) is 5.03. The van der Waals surface area contributed by atoms with E-state index >= 15 is 0 Å². The van der Waals surface area contributed by atoms with Crippen LogP contribution in [0.1, 0.15) is 40.9 Å². The van der Waals surface area contributed by atoms with Crippen LogP contribution < -0.4 is 15.4 Å². The number of halogens is 1. The molecule has 2 saturated heterocycles. The molecule has 0 unspecified atom stereocenters. The Hall–Kier alpha value is -3.99. The topological polar surface area (TPSA) is 106 Å². The molecule has 2 N–H and O–H groups in total. The van der Waals surface area contributed by atoms with Gasteiger partial charge < -0.3 is 20.1 Å². The van der Waals surface area contributed by atoms with Crippen molar-refractivity contribution in [3.05, 3.63) is 70.5 Å². The van der Waals surface area contributed by atoms with E-state index in [9.17, 15) is 4.79 Å². The van der Waals surface area contributed by atoms with Crippen LogP contribution in [-0.4, -0.2) is 76.1 Å². The summed E-state index contributed by atoms with van der Waals surface area (Å²) in [7, 11) is 3.53. The summed E-state index contributed by atoms with van der Waals surface area (Å²) < 4.78 is 13.1. The van der Waals surface area contributed by atoms with Crippen LogP contribution in [-0.2, 0) is 24.6 Å². The number of hydrogen-bond acceptors (Lipinski definition) is 8. The highest BCUT2D eigenvalue weighted by Gasteiger charge is 2.31. The van der Waals surface area contributed by atoms with Crippen LogP contribution in [0.4, 0.5) is 11.6 Å². The lowest BCUT2D eigenvalue weighted by Gasteiger charge is -2.31. The molecule has 1 aliphatic carbocycles. The number of nitrogens with zero attached hydrogens (tertiary/aromatic N) is 5. The van der Waals surface area contributed by atoms with Crippen molar-refractivity contribution >= 4 is 29.1 Å². The van der Waals surface area contributed by atoms with E-state index in [0.29, 0.717) is 34.0 Å². The Balaban J connectivity index is 1.10. The second-order valence-electron chi connectivity index (χ2n) is 11.7. The van der Waals surface area contributed by atoms with Crippen LogP contribution in [0.25, 0.3) is 22.5 Å². The summed E-state index contributed by atoms with van der Waals surface area (Å²) in [5, 5.41) is 12.0. The molecule has 10 nitrogen and oxygen atoms in total. The second kappa shape index (κ2) is 12.2. The number of aryl methyl sites for hydroxylation is 3. The number of methoxy groups -OCH3 is 1. The largest absolute Gasteiger partial charge is 0.495 e. The molecular weight excluding hydrogens is 578 g/mol. The molecule has 11 heteroatoms. The Kier molecular flexibility index (Phi) is 7.97. The molecule has 44 heavy (non-hydrogen) atoms. The number of hydrogen-bond donors (Lipinski definition) is 2. The summed E-state index contributed by atoms with van der Waals surface area (Å²) >= 11 is 6.62. The minimum atomic E-state index is -0.102. The van der Waals surface area contributed by atoms with Crippen LogP contribution in [0.2, 0.25) is 5.02 Å². The fourth-order valence-corrected chi connectivity index (χ4v) is 6.92. The normalized spacial score (nSPS) is 18.5. The van der Waals surface area contributed by atoms with Gasteiger partial charge in [-0.05, 0) is 61.9 Å². The first-order chi connectivity index (χ1) is 21.5. The van der Waals surface area contributed by atoms with Crippen molar-refractivity contribution in [2.45, 2.75) is 44.2 Å². The number of nitrogens with one attached hydrogen (secondary N) is 2. The number of aromatic nitrogens is 4. The van der Waals surface area contributed by atoms with Gasteiger partial charge in [-0.3, -0.25) is 14.4 Å². The lowest BCUT2D eigenvalue weighted by molar-refractivity contribution is 0.0415. The molecule has 2 aromatic heterocycles. The fourth-order valence-electron chi connectivity index (χ4n) is 6.70. The summed E-state index contributed by atoms with van der Waals surface area (Å²) in [6.45, 7) is 3.52. The molecule has 228 valence electrons. The molecule has 0 spiro atoms. The quantitative estimate of drug-likeness (QED) is 0.299. The van der Waals surface area contributed by atoms with Crippen LogP contribution >= 0.6 is 11.6 Å². The predicted molar refractivity (Wildman–Crippen MR) is 170 cm³/mol. The third-order valence-electron chi connectivity index (χ3n) is 8.95. The van der Waals surface area contributed by atoms with Crippen LogP contribution in [0.3, 0.4) is 0 Å². The smallest absolute Gasteiger partial charge is 0.251 e. The first-order valence-corrected chi connectivity index (χ1v) is 15.6. The molecule has 0 bridgehead atoms. The van der Waals surface area contributed by atoms with E-state index in [2.05, 4.69) is 20.5 Å². The zero-order chi connectivity index (χ0) is 30.2. The number of anilines is 2. The van der Waals surface area contributed by atoms with Crippen LogP contribution in [0, 0.1) is 0 Å². The highest BCUT2D eigenvalue weighted by atomic mass is 35.5. The Morgan fingerprint density at radius 2 is 1.95 bits per heavy atom. The maximum Gasteiger partial charge on any atom is 0.251 e. The summed E-state index contributed by atoms with van der Waals surface area (Å²) in [4.78, 5) is 25.3. The van der Waals surface area contributed by atoms with Gasteiger partial charge in [0.2, 0.25) is 5.95 Å². The maximum atomic E-state index is 13.2. The number of carbonyl (C=O) groups is 1. The van der Waals surface area contributed by atoms with Crippen LogP contribution in [0.15, 0.2) is 48.7 Å². The molecule has 2 fully saturated rings. The third kappa shape index (κ3) is 5.53. The maximum absolute atomic E-state index is 13.2.